The third-order valence-electron chi connectivity index (χ3n) is 2.82. The lowest BCUT2D eigenvalue weighted by atomic mass is 10.1. The van der Waals surface area contributed by atoms with E-state index in [0.717, 1.165) is 10.0 Å². The maximum atomic E-state index is 11.1. The summed E-state index contributed by atoms with van der Waals surface area (Å²) in [5.41, 5.74) is 7.09. The first kappa shape index (κ1) is 14.6. The van der Waals surface area contributed by atoms with Crippen molar-refractivity contribution in [3.63, 3.8) is 0 Å². The van der Waals surface area contributed by atoms with Gasteiger partial charge in [-0.3, -0.25) is 0 Å². The number of halogens is 1. The lowest BCUT2D eigenvalue weighted by Crippen LogP contribution is -2.19. The zero-order valence-electron chi connectivity index (χ0n) is 10.6. The van der Waals surface area contributed by atoms with Crippen molar-refractivity contribution < 1.29 is 14.6 Å². The maximum absolute atomic E-state index is 11.1. The highest BCUT2D eigenvalue weighted by Crippen LogP contribution is 2.24. The molecule has 0 radical (unpaired) electrons. The van der Waals surface area contributed by atoms with E-state index in [0.29, 0.717) is 5.75 Å². The van der Waals surface area contributed by atoms with Gasteiger partial charge in [-0.15, -0.1) is 0 Å². The number of hydrogen-bond donors (Lipinski definition) is 2. The summed E-state index contributed by atoms with van der Waals surface area (Å²) in [7, 11) is 0. The molecule has 0 heterocycles. The molecule has 0 saturated heterocycles. The molecule has 0 saturated carbocycles. The highest BCUT2D eigenvalue weighted by Gasteiger charge is 2.13. The highest BCUT2D eigenvalue weighted by molar-refractivity contribution is 9.10. The Balaban J connectivity index is 2.11. The van der Waals surface area contributed by atoms with Crippen molar-refractivity contribution in [2.45, 2.75) is 6.04 Å². The van der Waals surface area contributed by atoms with Gasteiger partial charge in [0.25, 0.3) is 0 Å². The Kier molecular flexibility index (Phi) is 4.76. The van der Waals surface area contributed by atoms with E-state index in [4.69, 9.17) is 15.6 Å². The molecule has 0 aliphatic heterocycles. The molecule has 104 valence electrons. The summed E-state index contributed by atoms with van der Waals surface area (Å²) < 4.78 is 6.31. The molecule has 2 rings (SSSR count). The Morgan fingerprint density at radius 1 is 1.25 bits per heavy atom. The van der Waals surface area contributed by atoms with Gasteiger partial charge in [0.2, 0.25) is 0 Å². The van der Waals surface area contributed by atoms with Gasteiger partial charge in [-0.25, -0.2) is 4.79 Å². The molecule has 0 fully saturated rings. The van der Waals surface area contributed by atoms with Gasteiger partial charge in [0, 0.05) is 4.47 Å². The van der Waals surface area contributed by atoms with E-state index in [9.17, 15) is 4.79 Å². The Labute approximate surface area is 125 Å². The minimum atomic E-state index is -1.03. The number of rotatable bonds is 5. The average molecular weight is 336 g/mol. The quantitative estimate of drug-likeness (QED) is 0.879. The van der Waals surface area contributed by atoms with Crippen LogP contribution in [0.1, 0.15) is 22.0 Å². The second-order valence-electron chi connectivity index (χ2n) is 4.27. The smallest absolute Gasteiger partial charge is 0.339 e. The van der Waals surface area contributed by atoms with Gasteiger partial charge >= 0.3 is 5.97 Å². The van der Waals surface area contributed by atoms with E-state index in [1.54, 1.807) is 12.1 Å². The van der Waals surface area contributed by atoms with Gasteiger partial charge in [-0.05, 0) is 23.8 Å². The summed E-state index contributed by atoms with van der Waals surface area (Å²) in [6.45, 7) is 0.209. The zero-order chi connectivity index (χ0) is 14.5. The van der Waals surface area contributed by atoms with E-state index < -0.39 is 5.97 Å². The fourth-order valence-corrected chi connectivity index (χ4v) is 2.11. The van der Waals surface area contributed by atoms with Crippen LogP contribution in [0, 0.1) is 0 Å². The Hall–Kier alpha value is -1.85. The largest absolute Gasteiger partial charge is 0.491 e. The monoisotopic (exact) mass is 335 g/mol. The van der Waals surface area contributed by atoms with E-state index in [1.807, 2.05) is 30.3 Å². The first-order valence-corrected chi connectivity index (χ1v) is 6.83. The standard InChI is InChI=1S/C15H14BrNO3/c16-11-6-7-12(15(18)19)14(8-11)20-9-13(17)10-4-2-1-3-5-10/h1-8,13H,9,17H2,(H,18,19). The van der Waals surface area contributed by atoms with Gasteiger partial charge in [-0.2, -0.15) is 0 Å². The minimum absolute atomic E-state index is 0.119. The molecule has 5 heteroatoms. The number of nitrogens with two attached hydrogens (primary N) is 1. The number of aromatic carboxylic acids is 1. The van der Waals surface area contributed by atoms with Gasteiger partial charge < -0.3 is 15.6 Å². The Morgan fingerprint density at radius 3 is 2.60 bits per heavy atom. The molecular weight excluding hydrogens is 322 g/mol. The number of carbonyl (C=O) groups is 1. The van der Waals surface area contributed by atoms with Gasteiger partial charge in [0.15, 0.2) is 0 Å². The van der Waals surface area contributed by atoms with Crippen molar-refractivity contribution in [2.75, 3.05) is 6.61 Å². The van der Waals surface area contributed by atoms with Crippen LogP contribution < -0.4 is 10.5 Å². The van der Waals surface area contributed by atoms with Crippen LogP contribution in [-0.2, 0) is 0 Å². The number of benzene rings is 2. The van der Waals surface area contributed by atoms with Gasteiger partial charge in [0.1, 0.15) is 17.9 Å². The molecule has 1 unspecified atom stereocenters. The van der Waals surface area contributed by atoms with Crippen molar-refractivity contribution in [1.82, 2.24) is 0 Å². The van der Waals surface area contributed by atoms with Crippen LogP contribution >= 0.6 is 15.9 Å². The summed E-state index contributed by atoms with van der Waals surface area (Å²) >= 11 is 3.29. The second kappa shape index (κ2) is 6.54. The topological polar surface area (TPSA) is 72.5 Å². The van der Waals surface area contributed by atoms with Crippen LogP contribution in [0.3, 0.4) is 0 Å². The minimum Gasteiger partial charge on any atom is -0.491 e. The predicted molar refractivity (Wildman–Crippen MR) is 80.0 cm³/mol. The SMILES string of the molecule is NC(COc1cc(Br)ccc1C(=O)O)c1ccccc1. The number of carboxylic acid groups (broad SMARTS) is 1. The molecule has 1 atom stereocenters. The molecule has 2 aromatic carbocycles. The molecule has 3 N–H and O–H groups in total. The predicted octanol–water partition coefficient (Wildman–Crippen LogP) is 3.23. The van der Waals surface area contributed by atoms with E-state index in [2.05, 4.69) is 15.9 Å². The second-order valence-corrected chi connectivity index (χ2v) is 5.19. The molecule has 0 aliphatic carbocycles. The van der Waals surface area contributed by atoms with Crippen molar-refractivity contribution in [3.05, 3.63) is 64.1 Å². The molecule has 0 amide bonds. The molecule has 0 aromatic heterocycles. The summed E-state index contributed by atoms with van der Waals surface area (Å²) in [5, 5.41) is 9.11. The van der Waals surface area contributed by atoms with Crippen molar-refractivity contribution in [1.29, 1.82) is 0 Å². The lowest BCUT2D eigenvalue weighted by molar-refractivity contribution is 0.0692. The summed E-state index contributed by atoms with van der Waals surface area (Å²) in [6, 6.07) is 14.0. The number of carboxylic acids is 1. The van der Waals surface area contributed by atoms with E-state index in [1.165, 1.54) is 6.07 Å². The number of hydrogen-bond acceptors (Lipinski definition) is 3. The Bertz CT molecular complexity index is 601. The molecule has 0 aliphatic rings. The fraction of sp³-hybridized carbons (Fsp3) is 0.133. The molecule has 20 heavy (non-hydrogen) atoms. The molecule has 0 bridgehead atoms. The van der Waals surface area contributed by atoms with Gasteiger partial charge in [-0.1, -0.05) is 46.3 Å². The van der Waals surface area contributed by atoms with E-state index in [-0.39, 0.29) is 18.2 Å². The summed E-state index contributed by atoms with van der Waals surface area (Å²) in [4.78, 5) is 11.1. The van der Waals surface area contributed by atoms with Crippen LogP contribution in [-0.4, -0.2) is 17.7 Å². The molecule has 4 nitrogen and oxygen atoms in total. The first-order chi connectivity index (χ1) is 9.58. The lowest BCUT2D eigenvalue weighted by Gasteiger charge is -2.15. The van der Waals surface area contributed by atoms with Crippen molar-refractivity contribution in [2.24, 2.45) is 5.73 Å². The average Bonchev–Trinajstić information content (AvgIpc) is 2.45. The number of ether oxygens (including phenoxy) is 1. The maximum Gasteiger partial charge on any atom is 0.339 e. The highest BCUT2D eigenvalue weighted by atomic mass is 79.9. The summed E-state index contributed by atoms with van der Waals surface area (Å²) in [6.07, 6.45) is 0. The first-order valence-electron chi connectivity index (χ1n) is 6.04. The fourth-order valence-electron chi connectivity index (χ4n) is 1.77. The third kappa shape index (κ3) is 3.59. The Morgan fingerprint density at radius 2 is 1.95 bits per heavy atom. The summed E-state index contributed by atoms with van der Waals surface area (Å²) in [5.74, 6) is -0.723. The van der Waals surface area contributed by atoms with Crippen LogP contribution in [0.25, 0.3) is 0 Å². The van der Waals surface area contributed by atoms with Crippen LogP contribution in [0.4, 0.5) is 0 Å². The normalized spacial score (nSPS) is 11.9. The van der Waals surface area contributed by atoms with Crippen molar-refractivity contribution >= 4 is 21.9 Å². The van der Waals surface area contributed by atoms with Crippen LogP contribution in [0.15, 0.2) is 53.0 Å². The molecule has 0 spiro atoms. The zero-order valence-corrected chi connectivity index (χ0v) is 12.2. The van der Waals surface area contributed by atoms with Crippen molar-refractivity contribution in [3.8, 4) is 5.75 Å². The third-order valence-corrected chi connectivity index (χ3v) is 3.31. The molecular formula is C15H14BrNO3. The van der Waals surface area contributed by atoms with Crippen LogP contribution in [0.2, 0.25) is 0 Å². The molecule has 2 aromatic rings. The van der Waals surface area contributed by atoms with E-state index >= 15 is 0 Å². The van der Waals surface area contributed by atoms with Gasteiger partial charge in [0.05, 0.1) is 6.04 Å². The van der Waals surface area contributed by atoms with Crippen LogP contribution in [0.5, 0.6) is 5.75 Å².